The molecule has 1 heterocycles. The lowest BCUT2D eigenvalue weighted by Gasteiger charge is -2.12. The van der Waals surface area contributed by atoms with Crippen LogP contribution in [0.3, 0.4) is 0 Å². The zero-order chi connectivity index (χ0) is 15.7. The molecule has 7 heteroatoms. The van der Waals surface area contributed by atoms with Gasteiger partial charge in [0.25, 0.3) is 5.69 Å². The van der Waals surface area contributed by atoms with Crippen LogP contribution in [0.25, 0.3) is 0 Å². The summed E-state index contributed by atoms with van der Waals surface area (Å²) in [6.45, 7) is 0. The summed E-state index contributed by atoms with van der Waals surface area (Å²) in [7, 11) is 0. The summed E-state index contributed by atoms with van der Waals surface area (Å²) in [5.74, 6) is -0.878. The van der Waals surface area contributed by atoms with Crippen molar-refractivity contribution in [1.82, 2.24) is 0 Å². The van der Waals surface area contributed by atoms with Gasteiger partial charge in [0.1, 0.15) is 5.82 Å². The first kappa shape index (κ1) is 14.5. The number of thioether (sulfide) groups is 1. The Labute approximate surface area is 129 Å². The largest absolute Gasteiger partial charge is 0.323 e. The van der Waals surface area contributed by atoms with Crippen LogP contribution in [0, 0.1) is 15.9 Å². The van der Waals surface area contributed by atoms with Crippen molar-refractivity contribution in [3.05, 3.63) is 64.0 Å². The third-order valence-electron chi connectivity index (χ3n) is 3.44. The summed E-state index contributed by atoms with van der Waals surface area (Å²) in [5.41, 5.74) is 0.460. The van der Waals surface area contributed by atoms with Crippen LogP contribution in [0.2, 0.25) is 0 Å². The maximum Gasteiger partial charge on any atom is 0.271 e. The molecule has 22 heavy (non-hydrogen) atoms. The van der Waals surface area contributed by atoms with Crippen LogP contribution >= 0.6 is 11.8 Å². The molecule has 0 bridgehead atoms. The van der Waals surface area contributed by atoms with Gasteiger partial charge < -0.3 is 5.32 Å². The Balaban J connectivity index is 1.84. The SMILES string of the molecule is O=C(Nc1cc([N+](=O)[O-])ccc1F)[C@@H]1CSc2ccccc21. The lowest BCUT2D eigenvalue weighted by molar-refractivity contribution is -0.384. The Morgan fingerprint density at radius 3 is 2.86 bits per heavy atom. The first-order valence-electron chi connectivity index (χ1n) is 6.53. The molecular formula is C15H11FN2O3S. The monoisotopic (exact) mass is 318 g/mol. The quantitative estimate of drug-likeness (QED) is 0.694. The first-order chi connectivity index (χ1) is 10.6. The number of nitrogens with one attached hydrogen (secondary N) is 1. The summed E-state index contributed by atoms with van der Waals surface area (Å²) in [6.07, 6.45) is 0. The van der Waals surface area contributed by atoms with Crippen molar-refractivity contribution in [3.63, 3.8) is 0 Å². The average molecular weight is 318 g/mol. The topological polar surface area (TPSA) is 72.2 Å². The number of fused-ring (bicyclic) bond motifs is 1. The molecule has 0 aliphatic carbocycles. The molecule has 112 valence electrons. The molecule has 3 rings (SSSR count). The molecule has 0 aromatic heterocycles. The highest BCUT2D eigenvalue weighted by Gasteiger charge is 2.29. The molecule has 0 saturated heterocycles. The molecular weight excluding hydrogens is 307 g/mol. The smallest absolute Gasteiger partial charge is 0.271 e. The van der Waals surface area contributed by atoms with Gasteiger partial charge in [0, 0.05) is 22.8 Å². The van der Waals surface area contributed by atoms with Gasteiger partial charge in [-0.25, -0.2) is 4.39 Å². The van der Waals surface area contributed by atoms with E-state index >= 15 is 0 Å². The highest BCUT2D eigenvalue weighted by Crippen LogP contribution is 2.40. The fraction of sp³-hybridized carbons (Fsp3) is 0.133. The molecule has 0 saturated carbocycles. The van der Waals surface area contributed by atoms with Gasteiger partial charge >= 0.3 is 0 Å². The van der Waals surface area contributed by atoms with Gasteiger partial charge in [-0.05, 0) is 17.7 Å². The Morgan fingerprint density at radius 2 is 2.09 bits per heavy atom. The molecule has 0 radical (unpaired) electrons. The number of amides is 1. The minimum atomic E-state index is -0.696. The molecule has 2 aromatic carbocycles. The molecule has 5 nitrogen and oxygen atoms in total. The van der Waals surface area contributed by atoms with Crippen LogP contribution < -0.4 is 5.32 Å². The van der Waals surface area contributed by atoms with Crippen LogP contribution in [0.15, 0.2) is 47.4 Å². The molecule has 1 aliphatic heterocycles. The first-order valence-corrected chi connectivity index (χ1v) is 7.51. The zero-order valence-corrected chi connectivity index (χ0v) is 12.1. The highest BCUT2D eigenvalue weighted by molar-refractivity contribution is 7.99. The summed E-state index contributed by atoms with van der Waals surface area (Å²) >= 11 is 1.56. The molecule has 0 fully saturated rings. The number of rotatable bonds is 3. The van der Waals surface area contributed by atoms with E-state index < -0.39 is 10.7 Å². The Kier molecular flexibility index (Phi) is 3.81. The molecule has 1 atom stereocenters. The van der Waals surface area contributed by atoms with Crippen LogP contribution in [-0.4, -0.2) is 16.6 Å². The van der Waals surface area contributed by atoms with Gasteiger partial charge in [-0.1, -0.05) is 18.2 Å². The number of non-ortho nitro benzene ring substituents is 1. The van der Waals surface area contributed by atoms with E-state index in [0.29, 0.717) is 5.75 Å². The lowest BCUT2D eigenvalue weighted by Crippen LogP contribution is -2.21. The molecule has 1 N–H and O–H groups in total. The van der Waals surface area contributed by atoms with Crippen molar-refractivity contribution in [2.75, 3.05) is 11.1 Å². The standard InChI is InChI=1S/C15H11FN2O3S/c16-12-6-5-9(18(20)21)7-13(12)17-15(19)11-8-22-14-4-2-1-3-10(11)14/h1-7,11H,8H2,(H,17,19)/t11-/m1/s1. The van der Waals surface area contributed by atoms with Crippen molar-refractivity contribution in [2.45, 2.75) is 10.8 Å². The third kappa shape index (κ3) is 2.67. The number of carbonyl (C=O) groups is 1. The maximum atomic E-state index is 13.7. The van der Waals surface area contributed by atoms with E-state index in [1.54, 1.807) is 11.8 Å². The number of hydrogen-bond acceptors (Lipinski definition) is 4. The number of hydrogen-bond donors (Lipinski definition) is 1. The van der Waals surface area contributed by atoms with E-state index in [1.165, 1.54) is 0 Å². The van der Waals surface area contributed by atoms with E-state index in [2.05, 4.69) is 5.32 Å². The predicted octanol–water partition coefficient (Wildman–Crippen LogP) is 3.56. The van der Waals surface area contributed by atoms with Crippen molar-refractivity contribution in [1.29, 1.82) is 0 Å². The Morgan fingerprint density at radius 1 is 1.32 bits per heavy atom. The second-order valence-corrected chi connectivity index (χ2v) is 5.87. The van der Waals surface area contributed by atoms with Crippen LogP contribution in [0.5, 0.6) is 0 Å². The number of carbonyl (C=O) groups excluding carboxylic acids is 1. The average Bonchev–Trinajstić information content (AvgIpc) is 2.93. The van der Waals surface area contributed by atoms with E-state index in [9.17, 15) is 19.3 Å². The minimum Gasteiger partial charge on any atom is -0.323 e. The summed E-state index contributed by atoms with van der Waals surface area (Å²) in [4.78, 5) is 23.5. The normalized spacial score (nSPS) is 16.1. The van der Waals surface area contributed by atoms with Gasteiger partial charge in [-0.3, -0.25) is 14.9 Å². The van der Waals surface area contributed by atoms with Crippen LogP contribution in [-0.2, 0) is 4.79 Å². The van der Waals surface area contributed by atoms with Crippen molar-refractivity contribution in [3.8, 4) is 0 Å². The van der Waals surface area contributed by atoms with Gasteiger partial charge in [0.2, 0.25) is 5.91 Å². The fourth-order valence-electron chi connectivity index (χ4n) is 2.32. The maximum absolute atomic E-state index is 13.7. The lowest BCUT2D eigenvalue weighted by atomic mass is 10.0. The van der Waals surface area contributed by atoms with Gasteiger partial charge in [0.15, 0.2) is 0 Å². The van der Waals surface area contributed by atoms with Crippen molar-refractivity contribution >= 4 is 29.0 Å². The predicted molar refractivity (Wildman–Crippen MR) is 81.6 cm³/mol. The molecule has 1 aliphatic rings. The van der Waals surface area contributed by atoms with E-state index in [-0.39, 0.29) is 23.2 Å². The van der Waals surface area contributed by atoms with Gasteiger partial charge in [-0.15, -0.1) is 11.8 Å². The number of anilines is 1. The number of benzene rings is 2. The van der Waals surface area contributed by atoms with Crippen LogP contribution in [0.1, 0.15) is 11.5 Å². The molecule has 0 unspecified atom stereocenters. The minimum absolute atomic E-state index is 0.173. The van der Waals surface area contributed by atoms with Gasteiger partial charge in [0.05, 0.1) is 16.5 Å². The van der Waals surface area contributed by atoms with Gasteiger partial charge in [-0.2, -0.15) is 0 Å². The summed E-state index contributed by atoms with van der Waals surface area (Å²) in [5, 5.41) is 13.2. The summed E-state index contributed by atoms with van der Waals surface area (Å²) in [6, 6.07) is 10.6. The fourth-order valence-corrected chi connectivity index (χ4v) is 3.55. The van der Waals surface area contributed by atoms with E-state index in [1.807, 2.05) is 24.3 Å². The van der Waals surface area contributed by atoms with Crippen molar-refractivity contribution in [2.24, 2.45) is 0 Å². The number of nitrogens with zero attached hydrogens (tertiary/aromatic N) is 1. The van der Waals surface area contributed by atoms with Crippen molar-refractivity contribution < 1.29 is 14.1 Å². The number of nitro benzene ring substituents is 1. The molecule has 0 spiro atoms. The van der Waals surface area contributed by atoms with E-state index in [0.717, 1.165) is 28.7 Å². The second kappa shape index (κ2) is 5.76. The number of nitro groups is 1. The highest BCUT2D eigenvalue weighted by atomic mass is 32.2. The Hall–Kier alpha value is -2.41. The molecule has 1 amide bonds. The van der Waals surface area contributed by atoms with E-state index in [4.69, 9.17) is 0 Å². The third-order valence-corrected chi connectivity index (χ3v) is 4.62. The second-order valence-electron chi connectivity index (χ2n) is 4.81. The zero-order valence-electron chi connectivity index (χ0n) is 11.3. The van der Waals surface area contributed by atoms with Crippen LogP contribution in [0.4, 0.5) is 15.8 Å². The number of halogens is 1. The Bertz CT molecular complexity index is 766. The summed E-state index contributed by atoms with van der Waals surface area (Å²) < 4.78 is 13.7. The molecule has 2 aromatic rings.